The molecule has 0 saturated carbocycles. The van der Waals surface area contributed by atoms with E-state index in [1.54, 1.807) is 18.0 Å². The highest BCUT2D eigenvalue weighted by Gasteiger charge is 2.26. The van der Waals surface area contributed by atoms with Crippen LogP contribution >= 0.6 is 23.4 Å². The molecule has 1 fully saturated rings. The van der Waals surface area contributed by atoms with Gasteiger partial charge in [-0.05, 0) is 42.5 Å². The van der Waals surface area contributed by atoms with Crippen LogP contribution in [0.3, 0.4) is 0 Å². The summed E-state index contributed by atoms with van der Waals surface area (Å²) in [7, 11) is 0. The Balaban J connectivity index is 1.50. The molecule has 6 nitrogen and oxygen atoms in total. The third kappa shape index (κ3) is 6.37. The minimum absolute atomic E-state index is 0.0950. The maximum absolute atomic E-state index is 12.9. The first-order valence-electron chi connectivity index (χ1n) is 10.6. The Hall–Kier alpha value is -2.25. The summed E-state index contributed by atoms with van der Waals surface area (Å²) >= 11 is 7.75. The third-order valence-electron chi connectivity index (χ3n) is 5.40. The SMILES string of the molecule is CCSCCNC(=O)c1ccc(N2CCN(C(=O)C(C)c3ccc(Cl)cc3)CC2)nc1. The highest BCUT2D eigenvalue weighted by Crippen LogP contribution is 2.22. The lowest BCUT2D eigenvalue weighted by molar-refractivity contribution is -0.132. The Kier molecular flexibility index (Phi) is 8.60. The van der Waals surface area contributed by atoms with Crippen LogP contribution in [0.4, 0.5) is 5.82 Å². The number of anilines is 1. The monoisotopic (exact) mass is 460 g/mol. The lowest BCUT2D eigenvalue weighted by Gasteiger charge is -2.36. The lowest BCUT2D eigenvalue weighted by Crippen LogP contribution is -2.50. The number of pyridine rings is 1. The van der Waals surface area contributed by atoms with Gasteiger partial charge in [0.2, 0.25) is 5.91 Å². The van der Waals surface area contributed by atoms with Gasteiger partial charge in [-0.25, -0.2) is 4.98 Å². The predicted octanol–water partition coefficient (Wildman–Crippen LogP) is 3.67. The number of hydrogen-bond acceptors (Lipinski definition) is 5. The molecule has 2 amide bonds. The number of aromatic nitrogens is 1. The third-order valence-corrected chi connectivity index (χ3v) is 6.55. The number of nitrogens with one attached hydrogen (secondary N) is 1. The highest BCUT2D eigenvalue weighted by molar-refractivity contribution is 7.99. The summed E-state index contributed by atoms with van der Waals surface area (Å²) in [5, 5.41) is 3.58. The molecular formula is C23H29ClN4O2S. The van der Waals surface area contributed by atoms with Crippen LogP contribution in [0.5, 0.6) is 0 Å². The second-order valence-corrected chi connectivity index (χ2v) is 9.27. The molecule has 1 aliphatic heterocycles. The number of piperazine rings is 1. The average molecular weight is 461 g/mol. The van der Waals surface area contributed by atoms with Gasteiger partial charge in [-0.3, -0.25) is 9.59 Å². The minimum atomic E-state index is -0.199. The summed E-state index contributed by atoms with van der Waals surface area (Å²) in [5.41, 5.74) is 1.54. The van der Waals surface area contributed by atoms with E-state index < -0.39 is 0 Å². The van der Waals surface area contributed by atoms with E-state index in [-0.39, 0.29) is 17.7 Å². The maximum Gasteiger partial charge on any atom is 0.252 e. The van der Waals surface area contributed by atoms with Crippen molar-refractivity contribution in [1.29, 1.82) is 0 Å². The number of halogens is 1. The first-order chi connectivity index (χ1) is 15.0. The molecule has 0 aliphatic carbocycles. The van der Waals surface area contributed by atoms with E-state index in [0.29, 0.717) is 43.3 Å². The van der Waals surface area contributed by atoms with E-state index in [1.165, 1.54) is 0 Å². The van der Waals surface area contributed by atoms with E-state index in [1.807, 2.05) is 48.2 Å². The zero-order valence-corrected chi connectivity index (χ0v) is 19.6. The fourth-order valence-corrected chi connectivity index (χ4v) is 4.18. The molecule has 8 heteroatoms. The molecule has 1 aromatic heterocycles. The fraction of sp³-hybridized carbons (Fsp3) is 0.435. The molecule has 166 valence electrons. The van der Waals surface area contributed by atoms with Gasteiger partial charge in [0.05, 0.1) is 11.5 Å². The predicted molar refractivity (Wildman–Crippen MR) is 128 cm³/mol. The van der Waals surface area contributed by atoms with Crippen molar-refractivity contribution in [3.63, 3.8) is 0 Å². The summed E-state index contributed by atoms with van der Waals surface area (Å²) in [5.74, 6) is 2.62. The number of benzene rings is 1. The van der Waals surface area contributed by atoms with Crippen LogP contribution in [0, 0.1) is 0 Å². The summed E-state index contributed by atoms with van der Waals surface area (Å²) in [4.78, 5) is 33.6. The summed E-state index contributed by atoms with van der Waals surface area (Å²) < 4.78 is 0. The van der Waals surface area contributed by atoms with Crippen molar-refractivity contribution >= 4 is 41.0 Å². The van der Waals surface area contributed by atoms with E-state index in [9.17, 15) is 9.59 Å². The van der Waals surface area contributed by atoms with Crippen molar-refractivity contribution in [1.82, 2.24) is 15.2 Å². The van der Waals surface area contributed by atoms with Crippen LogP contribution < -0.4 is 10.2 Å². The van der Waals surface area contributed by atoms with E-state index in [2.05, 4.69) is 22.1 Å². The van der Waals surface area contributed by atoms with Crippen LogP contribution in [-0.2, 0) is 4.79 Å². The van der Waals surface area contributed by atoms with Crippen molar-refractivity contribution in [2.24, 2.45) is 0 Å². The molecule has 1 N–H and O–H groups in total. The normalized spacial score (nSPS) is 14.9. The van der Waals surface area contributed by atoms with Gasteiger partial charge in [0, 0.05) is 49.7 Å². The molecule has 1 aromatic carbocycles. The van der Waals surface area contributed by atoms with Crippen molar-refractivity contribution in [3.05, 3.63) is 58.7 Å². The van der Waals surface area contributed by atoms with Crippen LogP contribution in [0.1, 0.15) is 35.7 Å². The minimum Gasteiger partial charge on any atom is -0.353 e. The molecule has 2 aromatic rings. The molecule has 1 aliphatic rings. The Morgan fingerprint density at radius 1 is 1.13 bits per heavy atom. The molecule has 0 spiro atoms. The first-order valence-corrected chi connectivity index (χ1v) is 12.1. The molecule has 2 heterocycles. The van der Waals surface area contributed by atoms with Crippen molar-refractivity contribution in [2.45, 2.75) is 19.8 Å². The molecule has 0 radical (unpaired) electrons. The highest BCUT2D eigenvalue weighted by atomic mass is 35.5. The molecule has 0 bridgehead atoms. The van der Waals surface area contributed by atoms with Crippen LogP contribution in [0.2, 0.25) is 5.02 Å². The number of amides is 2. The molecule has 1 atom stereocenters. The van der Waals surface area contributed by atoms with E-state index in [0.717, 1.165) is 22.9 Å². The van der Waals surface area contributed by atoms with Crippen LogP contribution in [0.15, 0.2) is 42.6 Å². The molecule has 3 rings (SSSR count). The molecular weight excluding hydrogens is 432 g/mol. The zero-order chi connectivity index (χ0) is 22.2. The molecule has 1 unspecified atom stereocenters. The van der Waals surface area contributed by atoms with Gasteiger partial charge in [-0.15, -0.1) is 0 Å². The topological polar surface area (TPSA) is 65.5 Å². The Morgan fingerprint density at radius 3 is 2.45 bits per heavy atom. The Labute approximate surface area is 193 Å². The van der Waals surface area contributed by atoms with Gasteiger partial charge >= 0.3 is 0 Å². The first kappa shape index (κ1) is 23.4. The van der Waals surface area contributed by atoms with E-state index in [4.69, 9.17) is 11.6 Å². The fourth-order valence-electron chi connectivity index (χ4n) is 3.51. The van der Waals surface area contributed by atoms with Crippen molar-refractivity contribution in [2.75, 3.05) is 49.1 Å². The van der Waals surface area contributed by atoms with Gasteiger partial charge < -0.3 is 15.1 Å². The number of carbonyl (C=O) groups is 2. The number of rotatable bonds is 8. The number of carbonyl (C=O) groups excluding carboxylic acids is 2. The second-order valence-electron chi connectivity index (χ2n) is 7.44. The smallest absolute Gasteiger partial charge is 0.252 e. The number of hydrogen-bond donors (Lipinski definition) is 1. The molecule has 1 saturated heterocycles. The maximum atomic E-state index is 12.9. The van der Waals surface area contributed by atoms with Gasteiger partial charge in [-0.2, -0.15) is 11.8 Å². The largest absolute Gasteiger partial charge is 0.353 e. The van der Waals surface area contributed by atoms with Gasteiger partial charge in [-0.1, -0.05) is 30.7 Å². The zero-order valence-electron chi connectivity index (χ0n) is 18.0. The Morgan fingerprint density at radius 2 is 1.84 bits per heavy atom. The lowest BCUT2D eigenvalue weighted by atomic mass is 9.99. The van der Waals surface area contributed by atoms with Gasteiger partial charge in [0.1, 0.15) is 5.82 Å². The quantitative estimate of drug-likeness (QED) is 0.609. The second kappa shape index (κ2) is 11.4. The summed E-state index contributed by atoms with van der Waals surface area (Å²) in [6.07, 6.45) is 1.62. The van der Waals surface area contributed by atoms with Crippen LogP contribution in [-0.4, -0.2) is 65.9 Å². The van der Waals surface area contributed by atoms with Crippen molar-refractivity contribution < 1.29 is 9.59 Å². The standard InChI is InChI=1S/C23H29ClN4O2S/c1-3-31-15-10-25-22(29)19-6-9-21(26-16-19)27-11-13-28(14-12-27)23(30)17(2)18-4-7-20(24)8-5-18/h4-9,16-17H,3,10-15H2,1-2H3,(H,25,29). The summed E-state index contributed by atoms with van der Waals surface area (Å²) in [6, 6.07) is 11.1. The summed E-state index contributed by atoms with van der Waals surface area (Å²) in [6.45, 7) is 7.42. The molecule has 31 heavy (non-hydrogen) atoms. The van der Waals surface area contributed by atoms with Gasteiger partial charge in [0.25, 0.3) is 5.91 Å². The average Bonchev–Trinajstić information content (AvgIpc) is 2.81. The van der Waals surface area contributed by atoms with Crippen molar-refractivity contribution in [3.8, 4) is 0 Å². The number of nitrogens with zero attached hydrogens (tertiary/aromatic N) is 3. The van der Waals surface area contributed by atoms with Gasteiger partial charge in [0.15, 0.2) is 0 Å². The Bertz CT molecular complexity index is 868. The number of thioether (sulfide) groups is 1. The van der Waals surface area contributed by atoms with Crippen LogP contribution in [0.25, 0.3) is 0 Å². The van der Waals surface area contributed by atoms with E-state index >= 15 is 0 Å².